The predicted octanol–water partition coefficient (Wildman–Crippen LogP) is 6.56. The number of aromatic nitrogens is 2. The fourth-order valence-corrected chi connectivity index (χ4v) is 4.26. The molecule has 0 spiro atoms. The Hall–Kier alpha value is -3.52. The molecule has 0 saturated heterocycles. The molecule has 0 aliphatic rings. The van der Waals surface area contributed by atoms with Crippen LogP contribution in [0, 0.1) is 0 Å². The van der Waals surface area contributed by atoms with Gasteiger partial charge in [-0.1, -0.05) is 55.6 Å². The summed E-state index contributed by atoms with van der Waals surface area (Å²) in [6.07, 6.45) is 3.84. The molecule has 130 valence electrons. The SMILES string of the molecule is C=Cc1c(C=C)n(C)c2cc3c(cc12)c1ccccc1n3-c1ccccc1. The Balaban J connectivity index is 2.03. The standard InChI is InChI=1S/C25H20N2/c1-4-18-20-15-21-19-13-9-10-14-23(19)27(17-11-7-6-8-12-17)25(21)16-24(20)26(3)22(18)5-2/h4-16H,1-2H2,3H3. The first-order valence-corrected chi connectivity index (χ1v) is 9.10. The Bertz CT molecular complexity index is 1350. The highest BCUT2D eigenvalue weighted by Gasteiger charge is 2.17. The van der Waals surface area contributed by atoms with E-state index in [9.17, 15) is 0 Å². The highest BCUT2D eigenvalue weighted by Crippen LogP contribution is 2.37. The van der Waals surface area contributed by atoms with Crippen LogP contribution in [0.2, 0.25) is 0 Å². The van der Waals surface area contributed by atoms with Crippen molar-refractivity contribution in [3.8, 4) is 5.69 Å². The van der Waals surface area contributed by atoms with Gasteiger partial charge in [-0.15, -0.1) is 0 Å². The van der Waals surface area contributed by atoms with E-state index in [-0.39, 0.29) is 0 Å². The molecular weight excluding hydrogens is 328 g/mol. The summed E-state index contributed by atoms with van der Waals surface area (Å²) >= 11 is 0. The van der Waals surface area contributed by atoms with Crippen LogP contribution in [0.1, 0.15) is 11.3 Å². The van der Waals surface area contributed by atoms with Gasteiger partial charge in [-0.2, -0.15) is 0 Å². The second-order valence-electron chi connectivity index (χ2n) is 6.84. The van der Waals surface area contributed by atoms with Crippen molar-refractivity contribution in [1.29, 1.82) is 0 Å². The van der Waals surface area contributed by atoms with Crippen LogP contribution in [-0.4, -0.2) is 9.13 Å². The third-order valence-electron chi connectivity index (χ3n) is 5.49. The Morgan fingerprint density at radius 2 is 1.44 bits per heavy atom. The topological polar surface area (TPSA) is 9.86 Å². The Kier molecular flexibility index (Phi) is 3.34. The minimum Gasteiger partial charge on any atom is -0.344 e. The molecule has 0 unspecified atom stereocenters. The highest BCUT2D eigenvalue weighted by atomic mass is 15.0. The zero-order valence-corrected chi connectivity index (χ0v) is 15.3. The van der Waals surface area contributed by atoms with Crippen LogP contribution in [-0.2, 0) is 7.05 Å². The third-order valence-corrected chi connectivity index (χ3v) is 5.49. The fourth-order valence-electron chi connectivity index (χ4n) is 4.26. The van der Waals surface area contributed by atoms with E-state index in [0.717, 1.165) is 11.3 Å². The van der Waals surface area contributed by atoms with Gasteiger partial charge >= 0.3 is 0 Å². The first-order valence-electron chi connectivity index (χ1n) is 9.10. The van der Waals surface area contributed by atoms with Crippen molar-refractivity contribution in [2.75, 3.05) is 0 Å². The molecule has 2 heteroatoms. The summed E-state index contributed by atoms with van der Waals surface area (Å²) in [6.45, 7) is 8.03. The van der Waals surface area contributed by atoms with Gasteiger partial charge in [0.15, 0.2) is 0 Å². The van der Waals surface area contributed by atoms with Crippen LogP contribution in [0.3, 0.4) is 0 Å². The van der Waals surface area contributed by atoms with Gasteiger partial charge in [-0.25, -0.2) is 0 Å². The van der Waals surface area contributed by atoms with Crippen molar-refractivity contribution < 1.29 is 0 Å². The molecule has 0 saturated carbocycles. The molecule has 0 N–H and O–H groups in total. The zero-order valence-electron chi connectivity index (χ0n) is 15.3. The fraction of sp³-hybridized carbons (Fsp3) is 0.0400. The molecular formula is C25H20N2. The van der Waals surface area contributed by atoms with Crippen molar-refractivity contribution in [3.05, 3.63) is 91.1 Å². The molecule has 0 aliphatic heterocycles. The van der Waals surface area contributed by atoms with Gasteiger partial charge in [0.05, 0.1) is 16.6 Å². The number of hydrogen-bond acceptors (Lipinski definition) is 0. The van der Waals surface area contributed by atoms with Crippen LogP contribution < -0.4 is 0 Å². The number of nitrogens with zero attached hydrogens (tertiary/aromatic N) is 2. The monoisotopic (exact) mass is 348 g/mol. The molecule has 0 amide bonds. The highest BCUT2D eigenvalue weighted by molar-refractivity contribution is 6.14. The number of fused-ring (bicyclic) bond motifs is 4. The predicted molar refractivity (Wildman–Crippen MR) is 117 cm³/mol. The molecule has 5 rings (SSSR count). The summed E-state index contributed by atoms with van der Waals surface area (Å²) in [5, 5.41) is 3.73. The molecule has 0 atom stereocenters. The van der Waals surface area contributed by atoms with E-state index in [1.807, 2.05) is 12.2 Å². The lowest BCUT2D eigenvalue weighted by Gasteiger charge is -2.08. The number of rotatable bonds is 3. The summed E-state index contributed by atoms with van der Waals surface area (Å²) in [4.78, 5) is 0. The average molecular weight is 348 g/mol. The number of para-hydroxylation sites is 2. The van der Waals surface area contributed by atoms with Gasteiger partial charge in [-0.05, 0) is 36.4 Å². The first-order chi connectivity index (χ1) is 13.2. The molecule has 5 aromatic rings. The maximum absolute atomic E-state index is 4.03. The van der Waals surface area contributed by atoms with E-state index in [4.69, 9.17) is 0 Å². The van der Waals surface area contributed by atoms with Crippen molar-refractivity contribution in [2.45, 2.75) is 0 Å². The summed E-state index contributed by atoms with van der Waals surface area (Å²) in [5.74, 6) is 0. The quantitative estimate of drug-likeness (QED) is 0.349. The Labute approximate surface area is 158 Å². The molecule has 0 aliphatic carbocycles. The van der Waals surface area contributed by atoms with E-state index < -0.39 is 0 Å². The van der Waals surface area contributed by atoms with Gasteiger partial charge in [0.25, 0.3) is 0 Å². The largest absolute Gasteiger partial charge is 0.344 e. The molecule has 3 aromatic carbocycles. The molecule has 0 bridgehead atoms. The smallest absolute Gasteiger partial charge is 0.0562 e. The maximum Gasteiger partial charge on any atom is 0.0562 e. The number of aryl methyl sites for hydroxylation is 1. The molecule has 27 heavy (non-hydrogen) atoms. The molecule has 0 radical (unpaired) electrons. The lowest BCUT2D eigenvalue weighted by Crippen LogP contribution is -1.94. The van der Waals surface area contributed by atoms with Crippen molar-refractivity contribution in [1.82, 2.24) is 9.13 Å². The zero-order chi connectivity index (χ0) is 18.5. The summed E-state index contributed by atoms with van der Waals surface area (Å²) in [7, 11) is 2.09. The van der Waals surface area contributed by atoms with E-state index >= 15 is 0 Å². The van der Waals surface area contributed by atoms with Gasteiger partial charge in [0.1, 0.15) is 0 Å². The van der Waals surface area contributed by atoms with E-state index in [1.165, 1.54) is 38.4 Å². The van der Waals surface area contributed by atoms with Crippen LogP contribution in [0.5, 0.6) is 0 Å². The lowest BCUT2D eigenvalue weighted by atomic mass is 10.1. The van der Waals surface area contributed by atoms with Crippen LogP contribution in [0.4, 0.5) is 0 Å². The van der Waals surface area contributed by atoms with Crippen molar-refractivity contribution in [3.63, 3.8) is 0 Å². The minimum atomic E-state index is 1.10. The molecule has 2 aromatic heterocycles. The normalized spacial score (nSPS) is 11.4. The lowest BCUT2D eigenvalue weighted by molar-refractivity contribution is 0.954. The minimum absolute atomic E-state index is 1.10. The van der Waals surface area contributed by atoms with Crippen molar-refractivity contribution in [2.24, 2.45) is 7.05 Å². The molecule has 2 nitrogen and oxygen atoms in total. The number of hydrogen-bond donors (Lipinski definition) is 0. The molecule has 2 heterocycles. The first kappa shape index (κ1) is 15.7. The summed E-state index contributed by atoms with van der Waals surface area (Å²) in [6, 6.07) is 23.7. The average Bonchev–Trinajstić information content (AvgIpc) is 3.18. The maximum atomic E-state index is 4.03. The van der Waals surface area contributed by atoms with Crippen LogP contribution in [0.25, 0.3) is 50.5 Å². The summed E-state index contributed by atoms with van der Waals surface area (Å²) < 4.78 is 4.55. The van der Waals surface area contributed by atoms with Gasteiger partial charge in [-0.3, -0.25) is 0 Å². The van der Waals surface area contributed by atoms with E-state index in [2.05, 4.69) is 96.1 Å². The van der Waals surface area contributed by atoms with Crippen LogP contribution >= 0.6 is 0 Å². The van der Waals surface area contributed by atoms with E-state index in [0.29, 0.717) is 0 Å². The number of benzene rings is 3. The Morgan fingerprint density at radius 1 is 0.704 bits per heavy atom. The summed E-state index contributed by atoms with van der Waals surface area (Å²) in [5.41, 5.74) is 7.03. The van der Waals surface area contributed by atoms with E-state index in [1.54, 1.807) is 0 Å². The van der Waals surface area contributed by atoms with Crippen LogP contribution in [0.15, 0.2) is 79.9 Å². The third kappa shape index (κ3) is 2.07. The second kappa shape index (κ2) is 5.75. The van der Waals surface area contributed by atoms with Gasteiger partial charge in [0, 0.05) is 40.2 Å². The van der Waals surface area contributed by atoms with Crippen molar-refractivity contribution >= 4 is 44.9 Å². The Morgan fingerprint density at radius 3 is 2.19 bits per heavy atom. The van der Waals surface area contributed by atoms with Gasteiger partial charge in [0.2, 0.25) is 0 Å². The van der Waals surface area contributed by atoms with Gasteiger partial charge < -0.3 is 9.13 Å². The molecule has 0 fully saturated rings. The second-order valence-corrected chi connectivity index (χ2v) is 6.84.